The summed E-state index contributed by atoms with van der Waals surface area (Å²) in [4.78, 5) is 6.76. The summed E-state index contributed by atoms with van der Waals surface area (Å²) < 4.78 is 38.4. The van der Waals surface area contributed by atoms with Crippen molar-refractivity contribution in [2.24, 2.45) is 4.99 Å². The molecule has 1 heterocycles. The second-order valence-corrected chi connectivity index (χ2v) is 6.59. The SMILES string of the molecule is CCNC(=NCCc1c(F)cccc1F)N1CCC(OCCCOC)CC1.I. The number of benzene rings is 1. The second kappa shape index (κ2) is 14.1. The van der Waals surface area contributed by atoms with Gasteiger partial charge in [-0.2, -0.15) is 0 Å². The number of methoxy groups -OCH3 is 1. The van der Waals surface area contributed by atoms with Gasteiger partial charge in [-0.3, -0.25) is 4.99 Å². The Balaban J connectivity index is 0.00000392. The fraction of sp³-hybridized carbons (Fsp3) is 0.650. The number of aliphatic imine (C=N–C) groups is 1. The van der Waals surface area contributed by atoms with E-state index in [-0.39, 0.29) is 42.1 Å². The van der Waals surface area contributed by atoms with E-state index in [1.54, 1.807) is 7.11 Å². The molecule has 1 aromatic rings. The molecule has 0 spiro atoms. The lowest BCUT2D eigenvalue weighted by molar-refractivity contribution is 0.00991. The molecule has 1 saturated heterocycles. The summed E-state index contributed by atoms with van der Waals surface area (Å²) in [6.45, 7) is 6.26. The molecule has 28 heavy (non-hydrogen) atoms. The van der Waals surface area contributed by atoms with Crippen LogP contribution in [0.25, 0.3) is 0 Å². The zero-order chi connectivity index (χ0) is 19.5. The summed E-state index contributed by atoms with van der Waals surface area (Å²) in [5, 5.41) is 3.27. The maximum atomic E-state index is 13.7. The van der Waals surface area contributed by atoms with Crippen molar-refractivity contribution in [3.05, 3.63) is 35.4 Å². The summed E-state index contributed by atoms with van der Waals surface area (Å²) >= 11 is 0. The molecule has 0 amide bonds. The molecule has 8 heteroatoms. The molecule has 0 radical (unpaired) electrons. The lowest BCUT2D eigenvalue weighted by Gasteiger charge is -2.34. The first kappa shape index (κ1) is 25.0. The Kier molecular flexibility index (Phi) is 12.6. The van der Waals surface area contributed by atoms with Gasteiger partial charge in [-0.25, -0.2) is 8.78 Å². The van der Waals surface area contributed by atoms with Gasteiger partial charge < -0.3 is 19.7 Å². The highest BCUT2D eigenvalue weighted by atomic mass is 127. The monoisotopic (exact) mass is 511 g/mol. The third kappa shape index (κ3) is 8.16. The molecule has 0 aliphatic carbocycles. The summed E-state index contributed by atoms with van der Waals surface area (Å²) in [5.41, 5.74) is 0.0975. The molecular formula is C20H32F2IN3O2. The fourth-order valence-corrected chi connectivity index (χ4v) is 3.16. The molecule has 1 aromatic carbocycles. The van der Waals surface area contributed by atoms with Crippen LogP contribution in [0.3, 0.4) is 0 Å². The highest BCUT2D eigenvalue weighted by Gasteiger charge is 2.21. The minimum absolute atomic E-state index is 0. The van der Waals surface area contributed by atoms with Crippen LogP contribution in [-0.4, -0.2) is 63.5 Å². The number of rotatable bonds is 9. The summed E-state index contributed by atoms with van der Waals surface area (Å²) in [7, 11) is 1.70. The van der Waals surface area contributed by atoms with Crippen molar-refractivity contribution in [3.63, 3.8) is 0 Å². The van der Waals surface area contributed by atoms with Crippen LogP contribution in [0.15, 0.2) is 23.2 Å². The van der Waals surface area contributed by atoms with Gasteiger partial charge in [0.1, 0.15) is 11.6 Å². The standard InChI is InChI=1S/C20H31F2N3O2.HI/c1-3-23-20(24-11-8-17-18(21)6-4-7-19(17)22)25-12-9-16(10-13-25)27-15-5-14-26-2;/h4,6-7,16H,3,5,8-15H2,1-2H3,(H,23,24);1H. The zero-order valence-corrected chi connectivity index (χ0v) is 19.1. The smallest absolute Gasteiger partial charge is 0.193 e. The van der Waals surface area contributed by atoms with Crippen molar-refractivity contribution in [1.29, 1.82) is 0 Å². The van der Waals surface area contributed by atoms with Crippen LogP contribution in [-0.2, 0) is 15.9 Å². The van der Waals surface area contributed by atoms with Crippen LogP contribution in [0.1, 0.15) is 31.7 Å². The average Bonchev–Trinajstić information content (AvgIpc) is 2.67. The number of nitrogens with one attached hydrogen (secondary N) is 1. The Hall–Kier alpha value is -1.00. The van der Waals surface area contributed by atoms with Crippen molar-refractivity contribution < 1.29 is 18.3 Å². The Morgan fingerprint density at radius 3 is 2.50 bits per heavy atom. The van der Waals surface area contributed by atoms with Gasteiger partial charge in [-0.05, 0) is 44.7 Å². The van der Waals surface area contributed by atoms with Crippen LogP contribution in [0.4, 0.5) is 8.78 Å². The van der Waals surface area contributed by atoms with Gasteiger partial charge in [-0.1, -0.05) is 6.07 Å². The van der Waals surface area contributed by atoms with Crippen molar-refractivity contribution >= 4 is 29.9 Å². The molecular weight excluding hydrogens is 479 g/mol. The minimum Gasteiger partial charge on any atom is -0.385 e. The normalized spacial score (nSPS) is 15.4. The lowest BCUT2D eigenvalue weighted by Crippen LogP contribution is -2.47. The van der Waals surface area contributed by atoms with E-state index in [1.807, 2.05) is 6.92 Å². The van der Waals surface area contributed by atoms with Gasteiger partial charge in [0, 0.05) is 52.1 Å². The van der Waals surface area contributed by atoms with Crippen molar-refractivity contribution in [3.8, 4) is 0 Å². The van der Waals surface area contributed by atoms with Gasteiger partial charge in [0.25, 0.3) is 0 Å². The first-order valence-corrected chi connectivity index (χ1v) is 9.72. The second-order valence-electron chi connectivity index (χ2n) is 6.59. The average molecular weight is 511 g/mol. The summed E-state index contributed by atoms with van der Waals surface area (Å²) in [5.74, 6) is -0.227. The summed E-state index contributed by atoms with van der Waals surface area (Å²) in [6, 6.07) is 3.94. The predicted molar refractivity (Wildman–Crippen MR) is 118 cm³/mol. The number of piperidine rings is 1. The maximum absolute atomic E-state index is 13.7. The van der Waals surface area contributed by atoms with E-state index in [9.17, 15) is 8.78 Å². The Morgan fingerprint density at radius 1 is 1.21 bits per heavy atom. The molecule has 1 aliphatic heterocycles. The quantitative estimate of drug-likeness (QED) is 0.238. The van der Waals surface area contributed by atoms with E-state index in [0.29, 0.717) is 6.54 Å². The molecule has 2 rings (SSSR count). The number of hydrogen-bond acceptors (Lipinski definition) is 3. The van der Waals surface area contributed by atoms with Gasteiger partial charge >= 0.3 is 0 Å². The van der Waals surface area contributed by atoms with Crippen LogP contribution in [0, 0.1) is 11.6 Å². The molecule has 160 valence electrons. The molecule has 0 bridgehead atoms. The fourth-order valence-electron chi connectivity index (χ4n) is 3.16. The van der Waals surface area contributed by atoms with Crippen molar-refractivity contribution in [1.82, 2.24) is 10.2 Å². The van der Waals surface area contributed by atoms with Crippen molar-refractivity contribution in [2.45, 2.75) is 38.7 Å². The van der Waals surface area contributed by atoms with Crippen LogP contribution in [0.2, 0.25) is 0 Å². The first-order chi connectivity index (χ1) is 13.2. The molecule has 1 N–H and O–H groups in total. The molecule has 1 aliphatic rings. The predicted octanol–water partition coefficient (Wildman–Crippen LogP) is 3.61. The van der Waals surface area contributed by atoms with Crippen molar-refractivity contribution in [2.75, 3.05) is 46.5 Å². The summed E-state index contributed by atoms with van der Waals surface area (Å²) in [6.07, 6.45) is 3.31. The molecule has 0 saturated carbocycles. The zero-order valence-electron chi connectivity index (χ0n) is 16.8. The van der Waals surface area contributed by atoms with E-state index in [4.69, 9.17) is 9.47 Å². The topological polar surface area (TPSA) is 46.1 Å². The van der Waals surface area contributed by atoms with Gasteiger partial charge in [-0.15, -0.1) is 24.0 Å². The number of nitrogens with zero attached hydrogens (tertiary/aromatic N) is 2. The van der Waals surface area contributed by atoms with Gasteiger partial charge in [0.15, 0.2) is 5.96 Å². The number of hydrogen-bond donors (Lipinski definition) is 1. The number of halogens is 3. The number of guanidine groups is 1. The largest absolute Gasteiger partial charge is 0.385 e. The van der Waals surface area contributed by atoms with Gasteiger partial charge in [0.2, 0.25) is 0 Å². The van der Waals surface area contributed by atoms with Crippen LogP contribution < -0.4 is 5.32 Å². The minimum atomic E-state index is -0.512. The van der Waals surface area contributed by atoms with Gasteiger partial charge in [0.05, 0.1) is 6.10 Å². The highest BCUT2D eigenvalue weighted by molar-refractivity contribution is 14.0. The molecule has 1 fully saturated rings. The first-order valence-electron chi connectivity index (χ1n) is 9.72. The van der Waals surface area contributed by atoms with E-state index in [0.717, 1.165) is 58.1 Å². The van der Waals surface area contributed by atoms with E-state index in [1.165, 1.54) is 18.2 Å². The number of ether oxygens (including phenoxy) is 2. The van der Waals surface area contributed by atoms with E-state index in [2.05, 4.69) is 15.2 Å². The van der Waals surface area contributed by atoms with Crippen LogP contribution >= 0.6 is 24.0 Å². The maximum Gasteiger partial charge on any atom is 0.193 e. The Morgan fingerprint density at radius 2 is 1.89 bits per heavy atom. The highest BCUT2D eigenvalue weighted by Crippen LogP contribution is 2.15. The molecule has 0 unspecified atom stereocenters. The molecule has 0 aromatic heterocycles. The Bertz CT molecular complexity index is 577. The lowest BCUT2D eigenvalue weighted by atomic mass is 10.1. The van der Waals surface area contributed by atoms with E-state index < -0.39 is 11.6 Å². The van der Waals surface area contributed by atoms with E-state index >= 15 is 0 Å². The van der Waals surface area contributed by atoms with Crippen LogP contribution in [0.5, 0.6) is 0 Å². The molecule has 5 nitrogen and oxygen atoms in total. The molecule has 0 atom stereocenters. The Labute approximate surface area is 183 Å². The number of likely N-dealkylation sites (tertiary alicyclic amines) is 1. The third-order valence-electron chi connectivity index (χ3n) is 4.61. The third-order valence-corrected chi connectivity index (χ3v) is 4.61.